The third-order valence-corrected chi connectivity index (χ3v) is 5.73. The quantitative estimate of drug-likeness (QED) is 0.649. The van der Waals surface area contributed by atoms with Gasteiger partial charge < -0.3 is 20.7 Å². The number of ether oxygens (including phenoxy) is 1. The summed E-state index contributed by atoms with van der Waals surface area (Å²) in [5, 5.41) is 2.87. The average molecular weight is 369 g/mol. The Hall–Kier alpha value is -1.18. The van der Waals surface area contributed by atoms with Gasteiger partial charge in [0.1, 0.15) is 0 Å². The van der Waals surface area contributed by atoms with Crippen molar-refractivity contribution in [2.45, 2.75) is 45.6 Å². The Morgan fingerprint density at radius 3 is 2.50 bits per heavy atom. The van der Waals surface area contributed by atoms with Crippen molar-refractivity contribution in [2.75, 3.05) is 52.5 Å². The fraction of sp³-hybridized carbons (Fsp3) is 0.895. The van der Waals surface area contributed by atoms with Crippen LogP contribution in [0, 0.1) is 11.8 Å². The first kappa shape index (κ1) is 21.1. The van der Waals surface area contributed by atoms with Crippen LogP contribution in [0.4, 0.5) is 0 Å². The SMILES string of the molecule is CCC(CC)C(C(=O)N1CCCC(C(=O)NCCN)C1)N1CCOCC1. The molecule has 2 aliphatic heterocycles. The maximum atomic E-state index is 13.4. The number of nitrogens with zero attached hydrogens (tertiary/aromatic N) is 2. The molecule has 0 aromatic carbocycles. The Kier molecular flexibility index (Phi) is 8.81. The largest absolute Gasteiger partial charge is 0.379 e. The number of nitrogens with one attached hydrogen (secondary N) is 1. The molecule has 0 radical (unpaired) electrons. The maximum absolute atomic E-state index is 13.4. The van der Waals surface area contributed by atoms with E-state index in [1.807, 2.05) is 4.90 Å². The zero-order valence-electron chi connectivity index (χ0n) is 16.4. The number of rotatable bonds is 8. The van der Waals surface area contributed by atoms with Crippen LogP contribution in [0.25, 0.3) is 0 Å². The van der Waals surface area contributed by atoms with Crippen molar-refractivity contribution in [3.05, 3.63) is 0 Å². The molecule has 2 fully saturated rings. The van der Waals surface area contributed by atoms with Gasteiger partial charge in [-0.15, -0.1) is 0 Å². The molecule has 0 aromatic rings. The number of amides is 2. The summed E-state index contributed by atoms with van der Waals surface area (Å²) in [5.74, 6) is 0.439. The van der Waals surface area contributed by atoms with Crippen LogP contribution >= 0.6 is 0 Å². The zero-order valence-corrected chi connectivity index (χ0v) is 16.4. The maximum Gasteiger partial charge on any atom is 0.240 e. The highest BCUT2D eigenvalue weighted by Gasteiger charge is 2.38. The van der Waals surface area contributed by atoms with E-state index < -0.39 is 0 Å². The van der Waals surface area contributed by atoms with Gasteiger partial charge in [-0.2, -0.15) is 0 Å². The third kappa shape index (κ3) is 5.41. The van der Waals surface area contributed by atoms with E-state index in [2.05, 4.69) is 24.1 Å². The van der Waals surface area contributed by atoms with Gasteiger partial charge in [-0.05, 0) is 18.8 Å². The fourth-order valence-electron chi connectivity index (χ4n) is 4.16. The highest BCUT2D eigenvalue weighted by Crippen LogP contribution is 2.25. The van der Waals surface area contributed by atoms with Crippen LogP contribution in [0.5, 0.6) is 0 Å². The van der Waals surface area contributed by atoms with E-state index in [4.69, 9.17) is 10.5 Å². The number of morpholine rings is 1. The van der Waals surface area contributed by atoms with Crippen LogP contribution in [0.1, 0.15) is 39.5 Å². The number of carbonyl (C=O) groups is 2. The van der Waals surface area contributed by atoms with Gasteiger partial charge in [-0.1, -0.05) is 26.7 Å². The standard InChI is InChI=1S/C19H36N4O3/c1-3-15(4-2)17(22-10-12-26-13-11-22)19(25)23-9-5-6-16(14-23)18(24)21-8-7-20/h15-17H,3-14,20H2,1-2H3,(H,21,24). The highest BCUT2D eigenvalue weighted by atomic mass is 16.5. The number of hydrogen-bond acceptors (Lipinski definition) is 5. The molecule has 0 spiro atoms. The number of carbonyl (C=O) groups excluding carboxylic acids is 2. The molecule has 0 saturated carbocycles. The van der Waals surface area contributed by atoms with Crippen LogP contribution in [-0.2, 0) is 14.3 Å². The molecule has 2 amide bonds. The van der Waals surface area contributed by atoms with Crippen LogP contribution in [0.3, 0.4) is 0 Å². The van der Waals surface area contributed by atoms with Crippen molar-refractivity contribution in [2.24, 2.45) is 17.6 Å². The number of likely N-dealkylation sites (tertiary alicyclic amines) is 1. The van der Waals surface area contributed by atoms with Crippen molar-refractivity contribution >= 4 is 11.8 Å². The van der Waals surface area contributed by atoms with E-state index in [1.165, 1.54) is 0 Å². The molecule has 0 aromatic heterocycles. The lowest BCUT2D eigenvalue weighted by Crippen LogP contribution is -2.57. The van der Waals surface area contributed by atoms with Gasteiger partial charge in [-0.25, -0.2) is 0 Å². The van der Waals surface area contributed by atoms with Crippen LogP contribution in [0.2, 0.25) is 0 Å². The van der Waals surface area contributed by atoms with Crippen LogP contribution in [0.15, 0.2) is 0 Å². The summed E-state index contributed by atoms with van der Waals surface area (Å²) in [5.41, 5.74) is 5.47. The summed E-state index contributed by atoms with van der Waals surface area (Å²) in [6, 6.07) is -0.0975. The minimum absolute atomic E-state index is 0.0263. The van der Waals surface area contributed by atoms with Gasteiger partial charge in [-0.3, -0.25) is 14.5 Å². The van der Waals surface area contributed by atoms with E-state index >= 15 is 0 Å². The van der Waals surface area contributed by atoms with Crippen LogP contribution < -0.4 is 11.1 Å². The predicted molar refractivity (Wildman–Crippen MR) is 102 cm³/mol. The van der Waals surface area contributed by atoms with Gasteiger partial charge in [0.25, 0.3) is 0 Å². The second-order valence-electron chi connectivity index (χ2n) is 7.37. The molecule has 2 saturated heterocycles. The Bertz CT molecular complexity index is 450. The lowest BCUT2D eigenvalue weighted by Gasteiger charge is -2.42. The van der Waals surface area contributed by atoms with Crippen molar-refractivity contribution in [1.82, 2.24) is 15.1 Å². The molecule has 7 nitrogen and oxygen atoms in total. The molecule has 0 aliphatic carbocycles. The van der Waals surface area contributed by atoms with Crippen LogP contribution in [-0.4, -0.2) is 80.1 Å². The molecule has 2 rings (SSSR count). The molecular formula is C19H36N4O3. The van der Waals surface area contributed by atoms with E-state index in [-0.39, 0.29) is 23.8 Å². The molecule has 2 aliphatic rings. The van der Waals surface area contributed by atoms with Gasteiger partial charge in [0.15, 0.2) is 0 Å². The van der Waals surface area contributed by atoms with E-state index in [0.29, 0.717) is 38.8 Å². The molecule has 26 heavy (non-hydrogen) atoms. The Morgan fingerprint density at radius 1 is 1.19 bits per heavy atom. The van der Waals surface area contributed by atoms with Crippen molar-refractivity contribution in [1.29, 1.82) is 0 Å². The summed E-state index contributed by atoms with van der Waals surface area (Å²) < 4.78 is 5.48. The summed E-state index contributed by atoms with van der Waals surface area (Å²) in [6.45, 7) is 9.52. The third-order valence-electron chi connectivity index (χ3n) is 5.73. The first-order chi connectivity index (χ1) is 12.6. The normalized spacial score (nSPS) is 23.1. The Balaban J connectivity index is 2.07. The summed E-state index contributed by atoms with van der Waals surface area (Å²) in [4.78, 5) is 30.0. The first-order valence-electron chi connectivity index (χ1n) is 10.2. The highest BCUT2D eigenvalue weighted by molar-refractivity contribution is 5.84. The van der Waals surface area contributed by atoms with Crippen molar-refractivity contribution < 1.29 is 14.3 Å². The smallest absolute Gasteiger partial charge is 0.240 e. The first-order valence-corrected chi connectivity index (χ1v) is 10.2. The van der Waals surface area contributed by atoms with E-state index in [9.17, 15) is 9.59 Å². The van der Waals surface area contributed by atoms with Crippen molar-refractivity contribution in [3.8, 4) is 0 Å². The number of piperidine rings is 1. The topological polar surface area (TPSA) is 87.9 Å². The Morgan fingerprint density at radius 2 is 1.88 bits per heavy atom. The van der Waals surface area contributed by atoms with Gasteiger partial charge >= 0.3 is 0 Å². The average Bonchev–Trinajstić information content (AvgIpc) is 2.70. The van der Waals surface area contributed by atoms with Gasteiger partial charge in [0.2, 0.25) is 11.8 Å². The second kappa shape index (κ2) is 10.8. The van der Waals surface area contributed by atoms with Gasteiger partial charge in [0, 0.05) is 39.3 Å². The summed E-state index contributed by atoms with van der Waals surface area (Å²) in [6.07, 6.45) is 3.69. The monoisotopic (exact) mass is 368 g/mol. The zero-order chi connectivity index (χ0) is 18.9. The molecule has 0 bridgehead atoms. The molecule has 7 heteroatoms. The van der Waals surface area contributed by atoms with E-state index in [1.54, 1.807) is 0 Å². The molecule has 3 N–H and O–H groups in total. The van der Waals surface area contributed by atoms with Crippen molar-refractivity contribution in [3.63, 3.8) is 0 Å². The van der Waals surface area contributed by atoms with Gasteiger partial charge in [0.05, 0.1) is 25.2 Å². The lowest BCUT2D eigenvalue weighted by molar-refractivity contribution is -0.144. The number of nitrogens with two attached hydrogens (primary N) is 1. The summed E-state index contributed by atoms with van der Waals surface area (Å²) >= 11 is 0. The molecule has 2 atom stereocenters. The summed E-state index contributed by atoms with van der Waals surface area (Å²) in [7, 11) is 0. The molecule has 150 valence electrons. The minimum atomic E-state index is -0.119. The van der Waals surface area contributed by atoms with E-state index in [0.717, 1.165) is 45.3 Å². The fourth-order valence-corrected chi connectivity index (χ4v) is 4.16. The number of hydrogen-bond donors (Lipinski definition) is 2. The predicted octanol–water partition coefficient (Wildman–Crippen LogP) is 0.437. The lowest BCUT2D eigenvalue weighted by atomic mass is 9.89. The molecule has 2 heterocycles. The minimum Gasteiger partial charge on any atom is -0.379 e. The Labute approximate surface area is 157 Å². The molecule has 2 unspecified atom stereocenters. The molecular weight excluding hydrogens is 332 g/mol. The second-order valence-corrected chi connectivity index (χ2v) is 7.37.